The van der Waals surface area contributed by atoms with Crippen molar-refractivity contribution in [2.24, 2.45) is 17.3 Å². The van der Waals surface area contributed by atoms with Crippen LogP contribution < -0.4 is 5.32 Å². The highest BCUT2D eigenvalue weighted by molar-refractivity contribution is 5.76. The molecule has 2 N–H and O–H groups in total. The third-order valence-corrected chi connectivity index (χ3v) is 4.75. The average Bonchev–Trinajstić information content (AvgIpc) is 2.31. The molecule has 1 saturated heterocycles. The Morgan fingerprint density at radius 2 is 1.90 bits per heavy atom. The third-order valence-electron chi connectivity index (χ3n) is 4.75. The van der Waals surface area contributed by atoms with Crippen molar-refractivity contribution in [3.63, 3.8) is 0 Å². The van der Waals surface area contributed by atoms with E-state index >= 15 is 0 Å². The van der Waals surface area contributed by atoms with Gasteiger partial charge < -0.3 is 15.3 Å². The molecule has 1 saturated carbocycles. The molecule has 1 unspecified atom stereocenters. The van der Waals surface area contributed by atoms with Crippen molar-refractivity contribution >= 4 is 12.0 Å². The molecule has 2 rings (SSSR count). The Balaban J connectivity index is 1.77. The maximum absolute atomic E-state index is 12.1. The van der Waals surface area contributed by atoms with Gasteiger partial charge in [0.25, 0.3) is 0 Å². The molecular formula is C15H26N2O3. The molecule has 0 bridgehead atoms. The van der Waals surface area contributed by atoms with Crippen molar-refractivity contribution in [3.8, 4) is 0 Å². The van der Waals surface area contributed by atoms with Crippen LogP contribution in [0.25, 0.3) is 0 Å². The Bertz CT molecular complexity index is 383. The van der Waals surface area contributed by atoms with Gasteiger partial charge in [0, 0.05) is 19.1 Å². The second-order valence-electron chi connectivity index (χ2n) is 7.30. The maximum atomic E-state index is 12.1. The van der Waals surface area contributed by atoms with Gasteiger partial charge in [-0.05, 0) is 37.0 Å². The normalized spacial score (nSPS) is 30.6. The number of carboxylic acid groups (broad SMARTS) is 1. The second-order valence-corrected chi connectivity index (χ2v) is 7.30. The molecule has 0 aromatic heterocycles. The van der Waals surface area contributed by atoms with E-state index in [0.717, 1.165) is 19.3 Å². The van der Waals surface area contributed by atoms with E-state index in [9.17, 15) is 9.59 Å². The summed E-state index contributed by atoms with van der Waals surface area (Å²) in [5, 5.41) is 12.1. The third kappa shape index (κ3) is 3.44. The molecule has 20 heavy (non-hydrogen) atoms. The summed E-state index contributed by atoms with van der Waals surface area (Å²) in [5.41, 5.74) is 0.306. The molecule has 5 nitrogen and oxygen atoms in total. The molecule has 2 aliphatic rings. The number of urea groups is 1. The molecule has 2 amide bonds. The van der Waals surface area contributed by atoms with E-state index in [0.29, 0.717) is 30.8 Å². The van der Waals surface area contributed by atoms with Crippen LogP contribution in [-0.4, -0.2) is 41.1 Å². The molecule has 0 radical (unpaired) electrons. The largest absolute Gasteiger partial charge is 0.481 e. The monoisotopic (exact) mass is 282 g/mol. The van der Waals surface area contributed by atoms with Crippen molar-refractivity contribution in [2.45, 2.75) is 52.5 Å². The number of carbonyl (C=O) groups is 2. The zero-order valence-electron chi connectivity index (χ0n) is 12.7. The SMILES string of the molecule is CC(C)(C)C1CC(NC(=O)N2CCCC(C(=O)O)C2)C1. The summed E-state index contributed by atoms with van der Waals surface area (Å²) in [6.07, 6.45) is 3.52. The molecule has 5 heteroatoms. The lowest BCUT2D eigenvalue weighted by Gasteiger charge is -2.44. The number of rotatable bonds is 2. The lowest BCUT2D eigenvalue weighted by molar-refractivity contribution is -0.143. The van der Waals surface area contributed by atoms with Gasteiger partial charge in [-0.15, -0.1) is 0 Å². The van der Waals surface area contributed by atoms with Crippen LogP contribution in [0.3, 0.4) is 0 Å². The van der Waals surface area contributed by atoms with Crippen LogP contribution in [-0.2, 0) is 4.79 Å². The van der Waals surface area contributed by atoms with Gasteiger partial charge in [0.1, 0.15) is 0 Å². The van der Waals surface area contributed by atoms with Gasteiger partial charge in [-0.1, -0.05) is 20.8 Å². The number of hydrogen-bond acceptors (Lipinski definition) is 2. The fourth-order valence-electron chi connectivity index (χ4n) is 3.07. The number of carboxylic acids is 1. The minimum atomic E-state index is -0.793. The molecule has 2 fully saturated rings. The Labute approximate surface area is 120 Å². The number of hydrogen-bond donors (Lipinski definition) is 2. The van der Waals surface area contributed by atoms with E-state index in [-0.39, 0.29) is 12.1 Å². The van der Waals surface area contributed by atoms with Crippen LogP contribution >= 0.6 is 0 Å². The maximum Gasteiger partial charge on any atom is 0.317 e. The van der Waals surface area contributed by atoms with Crippen LogP contribution in [0.1, 0.15) is 46.5 Å². The van der Waals surface area contributed by atoms with Crippen LogP contribution in [0.4, 0.5) is 4.79 Å². The van der Waals surface area contributed by atoms with Crippen molar-refractivity contribution in [3.05, 3.63) is 0 Å². The summed E-state index contributed by atoms with van der Waals surface area (Å²) < 4.78 is 0. The predicted octanol–water partition coefficient (Wildman–Crippen LogP) is 2.32. The quantitative estimate of drug-likeness (QED) is 0.816. The highest BCUT2D eigenvalue weighted by atomic mass is 16.4. The average molecular weight is 282 g/mol. The minimum absolute atomic E-state index is 0.0895. The Hall–Kier alpha value is -1.26. The number of aliphatic carboxylic acids is 1. The number of nitrogens with zero attached hydrogens (tertiary/aromatic N) is 1. The molecule has 114 valence electrons. The molecule has 0 aromatic rings. The highest BCUT2D eigenvalue weighted by Crippen LogP contribution is 2.41. The van der Waals surface area contributed by atoms with Gasteiger partial charge in [-0.25, -0.2) is 4.79 Å². The van der Waals surface area contributed by atoms with Crippen molar-refractivity contribution < 1.29 is 14.7 Å². The molecular weight excluding hydrogens is 256 g/mol. The van der Waals surface area contributed by atoms with Crippen molar-refractivity contribution in [2.75, 3.05) is 13.1 Å². The Kier molecular flexibility index (Phi) is 4.25. The number of amides is 2. The van der Waals surface area contributed by atoms with Crippen molar-refractivity contribution in [1.82, 2.24) is 10.2 Å². The first-order valence-electron chi connectivity index (χ1n) is 7.55. The first-order chi connectivity index (χ1) is 9.27. The number of piperidine rings is 1. The summed E-state index contributed by atoms with van der Waals surface area (Å²) in [5.74, 6) is -0.530. The fraction of sp³-hybridized carbons (Fsp3) is 0.867. The van der Waals surface area contributed by atoms with Gasteiger partial charge in [0.15, 0.2) is 0 Å². The van der Waals surface area contributed by atoms with E-state index in [1.807, 2.05) is 0 Å². The summed E-state index contributed by atoms with van der Waals surface area (Å²) in [4.78, 5) is 24.8. The van der Waals surface area contributed by atoms with Gasteiger partial charge in [-0.2, -0.15) is 0 Å². The first-order valence-corrected chi connectivity index (χ1v) is 7.55. The van der Waals surface area contributed by atoms with E-state index in [4.69, 9.17) is 5.11 Å². The second kappa shape index (κ2) is 5.62. The standard InChI is InChI=1S/C15H26N2O3/c1-15(2,3)11-7-12(8-11)16-14(20)17-6-4-5-10(9-17)13(18)19/h10-12H,4-9H2,1-3H3,(H,16,20)(H,18,19). The number of nitrogens with one attached hydrogen (secondary N) is 1. The van der Waals surface area contributed by atoms with Crippen LogP contribution in [0, 0.1) is 17.3 Å². The summed E-state index contributed by atoms with van der Waals surface area (Å²) in [6.45, 7) is 7.72. The van der Waals surface area contributed by atoms with Crippen LogP contribution in [0.15, 0.2) is 0 Å². The summed E-state index contributed by atoms with van der Waals surface area (Å²) >= 11 is 0. The Morgan fingerprint density at radius 3 is 2.45 bits per heavy atom. The lowest BCUT2D eigenvalue weighted by Crippen LogP contribution is -2.54. The zero-order chi connectivity index (χ0) is 14.9. The molecule has 0 spiro atoms. The highest BCUT2D eigenvalue weighted by Gasteiger charge is 2.38. The smallest absolute Gasteiger partial charge is 0.317 e. The number of carbonyl (C=O) groups excluding carboxylic acids is 1. The molecule has 1 heterocycles. The molecule has 1 atom stereocenters. The zero-order valence-corrected chi connectivity index (χ0v) is 12.7. The molecule has 1 aliphatic carbocycles. The van der Waals surface area contributed by atoms with E-state index < -0.39 is 11.9 Å². The topological polar surface area (TPSA) is 69.6 Å². The van der Waals surface area contributed by atoms with Gasteiger partial charge >= 0.3 is 12.0 Å². The van der Waals surface area contributed by atoms with Gasteiger partial charge in [0.05, 0.1) is 5.92 Å². The fourth-order valence-corrected chi connectivity index (χ4v) is 3.07. The van der Waals surface area contributed by atoms with Crippen LogP contribution in [0.5, 0.6) is 0 Å². The minimum Gasteiger partial charge on any atom is -0.481 e. The Morgan fingerprint density at radius 1 is 1.25 bits per heavy atom. The molecule has 0 aromatic carbocycles. The van der Waals surface area contributed by atoms with E-state index in [1.54, 1.807) is 4.90 Å². The summed E-state index contributed by atoms with van der Waals surface area (Å²) in [6, 6.07) is 0.172. The van der Waals surface area contributed by atoms with E-state index in [2.05, 4.69) is 26.1 Å². The lowest BCUT2D eigenvalue weighted by atomic mass is 9.66. The van der Waals surface area contributed by atoms with Gasteiger partial charge in [-0.3, -0.25) is 4.79 Å². The number of likely N-dealkylation sites (tertiary alicyclic amines) is 1. The first kappa shape index (κ1) is 15.1. The van der Waals surface area contributed by atoms with Crippen LogP contribution in [0.2, 0.25) is 0 Å². The predicted molar refractivity (Wildman–Crippen MR) is 76.4 cm³/mol. The summed E-state index contributed by atoms with van der Waals surface area (Å²) in [7, 11) is 0. The van der Waals surface area contributed by atoms with Gasteiger partial charge in [0.2, 0.25) is 0 Å². The van der Waals surface area contributed by atoms with E-state index in [1.165, 1.54) is 0 Å². The molecule has 1 aliphatic heterocycles. The van der Waals surface area contributed by atoms with Crippen molar-refractivity contribution in [1.29, 1.82) is 0 Å².